The summed E-state index contributed by atoms with van der Waals surface area (Å²) in [4.78, 5) is 2.62. The first kappa shape index (κ1) is 23.0. The molecule has 2 aliphatic rings. The normalized spacial score (nSPS) is 26.0. The van der Waals surface area contributed by atoms with E-state index in [2.05, 4.69) is 37.7 Å². The Labute approximate surface area is 184 Å². The number of nitrogens with one attached hydrogen (secondary N) is 1. The van der Waals surface area contributed by atoms with E-state index in [1.807, 2.05) is 6.07 Å². The van der Waals surface area contributed by atoms with Crippen molar-refractivity contribution in [3.05, 3.63) is 28.2 Å². The number of methoxy groups -OCH3 is 1. The molecule has 1 atom stereocenters. The highest BCUT2D eigenvalue weighted by molar-refractivity contribution is 9.10. The largest absolute Gasteiger partial charge is 0.497 e. The van der Waals surface area contributed by atoms with E-state index >= 15 is 0 Å². The molecule has 2 fully saturated rings. The van der Waals surface area contributed by atoms with Gasteiger partial charge in [-0.3, -0.25) is 0 Å². The Kier molecular flexibility index (Phi) is 8.42. The molecular weight excluding hydrogens is 452 g/mol. The van der Waals surface area contributed by atoms with Gasteiger partial charge in [-0.1, -0.05) is 15.9 Å². The SMILES string of the molecule is CCS(=O)(=O)NC1CCC(CCN2CCC(Cc3cc(OC)ccc3Br)C2)CC1. The van der Waals surface area contributed by atoms with E-state index in [1.165, 1.54) is 42.5 Å². The van der Waals surface area contributed by atoms with Gasteiger partial charge >= 0.3 is 0 Å². The Morgan fingerprint density at radius 2 is 1.93 bits per heavy atom. The fraction of sp³-hybridized carbons (Fsp3) is 0.727. The summed E-state index contributed by atoms with van der Waals surface area (Å²) >= 11 is 3.68. The number of ether oxygens (including phenoxy) is 1. The van der Waals surface area contributed by atoms with E-state index in [4.69, 9.17) is 4.74 Å². The molecular formula is C22H35BrN2O3S. The fourth-order valence-electron chi connectivity index (χ4n) is 4.70. The lowest BCUT2D eigenvalue weighted by atomic mass is 9.84. The topological polar surface area (TPSA) is 58.6 Å². The van der Waals surface area contributed by atoms with E-state index in [9.17, 15) is 8.42 Å². The molecule has 0 aromatic heterocycles. The average molecular weight is 488 g/mol. The van der Waals surface area contributed by atoms with Crippen LogP contribution in [0.15, 0.2) is 22.7 Å². The average Bonchev–Trinajstić information content (AvgIpc) is 3.16. The van der Waals surface area contributed by atoms with E-state index in [1.54, 1.807) is 14.0 Å². The molecule has 1 aromatic rings. The second-order valence-electron chi connectivity index (χ2n) is 8.64. The molecule has 1 saturated carbocycles. The zero-order valence-electron chi connectivity index (χ0n) is 17.7. The molecule has 5 nitrogen and oxygen atoms in total. The molecule has 0 bridgehead atoms. The molecule has 1 aliphatic carbocycles. The van der Waals surface area contributed by atoms with Gasteiger partial charge in [0.1, 0.15) is 5.75 Å². The lowest BCUT2D eigenvalue weighted by molar-refractivity contribution is 0.245. The second-order valence-corrected chi connectivity index (χ2v) is 11.5. The second kappa shape index (κ2) is 10.6. The van der Waals surface area contributed by atoms with Gasteiger partial charge in [0.15, 0.2) is 0 Å². The van der Waals surface area contributed by atoms with Crippen molar-refractivity contribution in [3.8, 4) is 5.75 Å². The van der Waals surface area contributed by atoms with Gasteiger partial charge < -0.3 is 9.64 Å². The third-order valence-electron chi connectivity index (χ3n) is 6.56. The van der Waals surface area contributed by atoms with E-state index in [-0.39, 0.29) is 11.8 Å². The molecule has 164 valence electrons. The lowest BCUT2D eigenvalue weighted by Gasteiger charge is -2.30. The molecule has 1 aliphatic heterocycles. The molecule has 0 spiro atoms. The summed E-state index contributed by atoms with van der Waals surface area (Å²) in [5.41, 5.74) is 1.34. The fourth-order valence-corrected chi connectivity index (χ4v) is 6.02. The van der Waals surface area contributed by atoms with Gasteiger partial charge in [-0.15, -0.1) is 0 Å². The first-order valence-electron chi connectivity index (χ1n) is 10.9. The van der Waals surface area contributed by atoms with Crippen molar-refractivity contribution in [2.45, 2.75) is 57.9 Å². The Balaban J connectivity index is 1.38. The first-order chi connectivity index (χ1) is 13.9. The summed E-state index contributed by atoms with van der Waals surface area (Å²) in [6.45, 7) is 5.24. The van der Waals surface area contributed by atoms with Crippen LogP contribution in [0.4, 0.5) is 0 Å². The van der Waals surface area contributed by atoms with Crippen molar-refractivity contribution < 1.29 is 13.2 Å². The van der Waals surface area contributed by atoms with Crippen LogP contribution in [0.25, 0.3) is 0 Å². The first-order valence-corrected chi connectivity index (χ1v) is 13.4. The molecule has 1 aromatic carbocycles. The van der Waals surface area contributed by atoms with Gasteiger partial charge in [-0.05, 0) is 101 Å². The maximum absolute atomic E-state index is 11.7. The zero-order valence-corrected chi connectivity index (χ0v) is 20.1. The zero-order chi connectivity index (χ0) is 20.9. The summed E-state index contributed by atoms with van der Waals surface area (Å²) in [6.07, 6.45) is 7.84. The van der Waals surface area contributed by atoms with Crippen LogP contribution < -0.4 is 9.46 Å². The predicted molar refractivity (Wildman–Crippen MR) is 122 cm³/mol. The van der Waals surface area contributed by atoms with Crippen LogP contribution in [0.2, 0.25) is 0 Å². The summed E-state index contributed by atoms with van der Waals surface area (Å²) in [5, 5.41) is 0. The van der Waals surface area contributed by atoms with Crippen LogP contribution >= 0.6 is 15.9 Å². The molecule has 0 amide bonds. The van der Waals surface area contributed by atoms with Crippen LogP contribution in [0, 0.1) is 11.8 Å². The molecule has 29 heavy (non-hydrogen) atoms. The van der Waals surface area contributed by atoms with Crippen molar-refractivity contribution in [3.63, 3.8) is 0 Å². The minimum atomic E-state index is -3.07. The van der Waals surface area contributed by atoms with Crippen molar-refractivity contribution >= 4 is 26.0 Å². The van der Waals surface area contributed by atoms with Crippen molar-refractivity contribution in [1.29, 1.82) is 0 Å². The summed E-state index contributed by atoms with van der Waals surface area (Å²) in [5.74, 6) is 2.55. The highest BCUT2D eigenvalue weighted by Crippen LogP contribution is 2.30. The van der Waals surface area contributed by atoms with Crippen LogP contribution in [0.1, 0.15) is 51.0 Å². The van der Waals surface area contributed by atoms with Crippen LogP contribution in [0.5, 0.6) is 5.75 Å². The third-order valence-corrected chi connectivity index (χ3v) is 8.78. The third kappa shape index (κ3) is 6.94. The standard InChI is InChI=1S/C22H35BrN2O3S/c1-3-29(26,27)24-20-6-4-17(5-7-20)10-12-25-13-11-18(16-25)14-19-15-21(28-2)8-9-22(19)23/h8-9,15,17-18,20,24H,3-7,10-14,16H2,1-2H3. The highest BCUT2D eigenvalue weighted by Gasteiger charge is 2.27. The number of rotatable bonds is 9. The van der Waals surface area contributed by atoms with Crippen molar-refractivity contribution in [2.75, 3.05) is 32.5 Å². The highest BCUT2D eigenvalue weighted by atomic mass is 79.9. The number of hydrogen-bond acceptors (Lipinski definition) is 4. The number of benzene rings is 1. The number of likely N-dealkylation sites (tertiary alicyclic amines) is 1. The van der Waals surface area contributed by atoms with E-state index in [0.29, 0.717) is 5.92 Å². The molecule has 0 radical (unpaired) electrons. The molecule has 3 rings (SSSR count). The van der Waals surface area contributed by atoms with Crippen molar-refractivity contribution in [1.82, 2.24) is 9.62 Å². The smallest absolute Gasteiger partial charge is 0.211 e. The predicted octanol–water partition coefficient (Wildman–Crippen LogP) is 4.21. The van der Waals surface area contributed by atoms with Gasteiger partial charge in [0.2, 0.25) is 10.0 Å². The Morgan fingerprint density at radius 1 is 1.17 bits per heavy atom. The number of hydrogen-bond donors (Lipinski definition) is 1. The maximum Gasteiger partial charge on any atom is 0.211 e. The van der Waals surface area contributed by atoms with Crippen LogP contribution in [-0.2, 0) is 16.4 Å². The van der Waals surface area contributed by atoms with E-state index in [0.717, 1.165) is 43.8 Å². The van der Waals surface area contributed by atoms with Gasteiger partial charge in [-0.2, -0.15) is 0 Å². The molecule has 1 heterocycles. The minimum Gasteiger partial charge on any atom is -0.497 e. The number of sulfonamides is 1. The lowest BCUT2D eigenvalue weighted by Crippen LogP contribution is -2.38. The number of halogens is 1. The molecule has 1 saturated heterocycles. The Bertz CT molecular complexity index is 763. The van der Waals surface area contributed by atoms with Gasteiger partial charge in [-0.25, -0.2) is 13.1 Å². The Morgan fingerprint density at radius 3 is 2.62 bits per heavy atom. The van der Waals surface area contributed by atoms with Gasteiger partial charge in [0.05, 0.1) is 12.9 Å². The Hall–Kier alpha value is -0.630. The van der Waals surface area contributed by atoms with Gasteiger partial charge in [0, 0.05) is 17.1 Å². The molecule has 7 heteroatoms. The van der Waals surface area contributed by atoms with Crippen LogP contribution in [-0.4, -0.2) is 51.9 Å². The molecule has 1 N–H and O–H groups in total. The quantitative estimate of drug-likeness (QED) is 0.567. The monoisotopic (exact) mass is 486 g/mol. The summed E-state index contributed by atoms with van der Waals surface area (Å²) in [6, 6.07) is 6.38. The maximum atomic E-state index is 11.7. The van der Waals surface area contributed by atoms with Crippen LogP contribution in [0.3, 0.4) is 0 Å². The molecule has 1 unspecified atom stereocenters. The van der Waals surface area contributed by atoms with Gasteiger partial charge in [0.25, 0.3) is 0 Å². The number of nitrogens with zero attached hydrogens (tertiary/aromatic N) is 1. The summed E-state index contributed by atoms with van der Waals surface area (Å²) < 4.78 is 32.9. The summed E-state index contributed by atoms with van der Waals surface area (Å²) in [7, 11) is -1.35. The van der Waals surface area contributed by atoms with E-state index < -0.39 is 10.0 Å². The van der Waals surface area contributed by atoms with Crippen molar-refractivity contribution in [2.24, 2.45) is 11.8 Å². The minimum absolute atomic E-state index is 0.147.